The minimum absolute atomic E-state index is 0.169. The van der Waals surface area contributed by atoms with Crippen LogP contribution in [0.25, 0.3) is 0 Å². The second-order valence-corrected chi connectivity index (χ2v) is 5.90. The number of nitrogens with zero attached hydrogens (tertiary/aromatic N) is 3. The fourth-order valence-electron chi connectivity index (χ4n) is 2.93. The zero-order chi connectivity index (χ0) is 13.2. The minimum atomic E-state index is 0.169. The Morgan fingerprint density at radius 3 is 2.84 bits per heavy atom. The number of hydrogen-bond donors (Lipinski definition) is 0. The second kappa shape index (κ2) is 5.41. The zero-order valence-corrected chi connectivity index (χ0v) is 12.0. The predicted molar refractivity (Wildman–Crippen MR) is 78.4 cm³/mol. The third-order valence-corrected chi connectivity index (χ3v) is 4.31. The third kappa shape index (κ3) is 2.86. The van der Waals surface area contributed by atoms with Crippen LogP contribution >= 0.6 is 11.6 Å². The molecule has 3 nitrogen and oxygen atoms in total. The van der Waals surface area contributed by atoms with Crippen molar-refractivity contribution in [2.24, 2.45) is 11.0 Å². The molecule has 1 unspecified atom stereocenters. The van der Waals surface area contributed by atoms with Gasteiger partial charge in [-0.05, 0) is 30.9 Å². The molecular weight excluding hydrogens is 258 g/mol. The molecule has 0 aromatic carbocycles. The van der Waals surface area contributed by atoms with Crippen molar-refractivity contribution in [3.63, 3.8) is 0 Å². The van der Waals surface area contributed by atoms with E-state index >= 15 is 0 Å². The van der Waals surface area contributed by atoms with Crippen molar-refractivity contribution in [1.29, 1.82) is 0 Å². The average molecular weight is 277 g/mol. The number of halogens is 1. The van der Waals surface area contributed by atoms with E-state index < -0.39 is 0 Å². The normalized spacial score (nSPS) is 23.1. The quantitative estimate of drug-likeness (QED) is 0.614. The Balaban J connectivity index is 1.73. The summed E-state index contributed by atoms with van der Waals surface area (Å²) in [5, 5.41) is 5.08. The number of aromatic nitrogens is 1. The Kier molecular flexibility index (Phi) is 3.65. The van der Waals surface area contributed by atoms with Crippen LogP contribution in [0.3, 0.4) is 0 Å². The molecule has 0 bridgehead atoms. The van der Waals surface area contributed by atoms with Crippen molar-refractivity contribution < 1.29 is 4.68 Å². The third-order valence-electron chi connectivity index (χ3n) is 4.00. The van der Waals surface area contributed by atoms with Gasteiger partial charge in [-0.1, -0.05) is 35.2 Å². The molecule has 0 spiro atoms. The molecule has 1 aromatic heterocycles. The predicted octanol–water partition coefficient (Wildman–Crippen LogP) is 3.40. The van der Waals surface area contributed by atoms with Gasteiger partial charge in [0, 0.05) is 17.2 Å². The van der Waals surface area contributed by atoms with Gasteiger partial charge in [0.25, 0.3) is 0 Å². The molecule has 3 rings (SSSR count). The van der Waals surface area contributed by atoms with E-state index in [2.05, 4.69) is 27.1 Å². The number of aryl methyl sites for hydroxylation is 1. The Morgan fingerprint density at radius 2 is 2.11 bits per heavy atom. The summed E-state index contributed by atoms with van der Waals surface area (Å²) in [6.45, 7) is 3.00. The van der Waals surface area contributed by atoms with E-state index in [0.717, 1.165) is 23.7 Å². The van der Waals surface area contributed by atoms with Gasteiger partial charge in [-0.3, -0.25) is 0 Å². The Morgan fingerprint density at radius 1 is 1.32 bits per heavy atom. The molecule has 2 heterocycles. The number of rotatable bonds is 3. The lowest BCUT2D eigenvalue weighted by Gasteiger charge is -2.04. The first-order valence-corrected chi connectivity index (χ1v) is 7.39. The summed E-state index contributed by atoms with van der Waals surface area (Å²) in [6, 6.07) is 4.06. The Bertz CT molecular complexity index is 530. The van der Waals surface area contributed by atoms with E-state index in [1.54, 1.807) is 0 Å². The van der Waals surface area contributed by atoms with Crippen molar-refractivity contribution in [3.05, 3.63) is 28.5 Å². The number of hydrogen-bond acceptors (Lipinski definition) is 2. The van der Waals surface area contributed by atoms with Gasteiger partial charge in [0.15, 0.2) is 12.8 Å². The first kappa shape index (κ1) is 12.8. The topological polar surface area (TPSA) is 28.3 Å². The number of pyridine rings is 1. The summed E-state index contributed by atoms with van der Waals surface area (Å²) in [5.41, 5.74) is 2.00. The van der Waals surface area contributed by atoms with Gasteiger partial charge in [-0.2, -0.15) is 0 Å². The van der Waals surface area contributed by atoms with Gasteiger partial charge in [0.1, 0.15) is 11.1 Å². The van der Waals surface area contributed by atoms with Crippen molar-refractivity contribution in [2.75, 3.05) is 6.54 Å². The van der Waals surface area contributed by atoms with Crippen molar-refractivity contribution >= 4 is 24.0 Å². The molecule has 0 N–H and O–H groups in total. The molecule has 19 heavy (non-hydrogen) atoms. The van der Waals surface area contributed by atoms with Gasteiger partial charge in [0.05, 0.1) is 6.21 Å². The maximum absolute atomic E-state index is 6.22. The molecule has 0 amide bonds. The van der Waals surface area contributed by atoms with E-state index in [9.17, 15) is 0 Å². The van der Waals surface area contributed by atoms with Gasteiger partial charge in [-0.25, -0.2) is 4.98 Å². The fraction of sp³-hybridized carbons (Fsp3) is 0.533. The van der Waals surface area contributed by atoms with E-state index in [1.807, 2.05) is 19.2 Å². The van der Waals surface area contributed by atoms with Gasteiger partial charge < -0.3 is 0 Å². The minimum Gasteiger partial charge on any atom is -0.241 e. The smallest absolute Gasteiger partial charge is 0.186 e. The van der Waals surface area contributed by atoms with Crippen LogP contribution in [0, 0.1) is 12.8 Å². The second-order valence-electron chi connectivity index (χ2n) is 5.54. The molecule has 1 saturated carbocycles. The summed E-state index contributed by atoms with van der Waals surface area (Å²) < 4.78 is 2.08. The van der Waals surface area contributed by atoms with Crippen LogP contribution < -0.4 is 0 Å². The van der Waals surface area contributed by atoms with Crippen molar-refractivity contribution in [2.45, 2.75) is 38.5 Å². The lowest BCUT2D eigenvalue weighted by Crippen LogP contribution is -2.14. The molecule has 4 heteroatoms. The van der Waals surface area contributed by atoms with E-state index in [4.69, 9.17) is 11.6 Å². The average Bonchev–Trinajstić information content (AvgIpc) is 3.01. The van der Waals surface area contributed by atoms with E-state index in [0.29, 0.717) is 5.15 Å². The largest absolute Gasteiger partial charge is 0.241 e. The number of hydrazone groups is 1. The first-order chi connectivity index (χ1) is 9.22. The van der Waals surface area contributed by atoms with Crippen LogP contribution in [-0.4, -0.2) is 28.6 Å². The molecule has 100 valence electrons. The van der Waals surface area contributed by atoms with Gasteiger partial charge in [-0.15, -0.1) is 0 Å². The highest BCUT2D eigenvalue weighted by atomic mass is 35.5. The van der Waals surface area contributed by atoms with Gasteiger partial charge >= 0.3 is 0 Å². The Hall–Kier alpha value is -1.22. The maximum atomic E-state index is 6.22. The lowest BCUT2D eigenvalue weighted by molar-refractivity contribution is -0.532. The molecule has 1 aliphatic carbocycles. The summed E-state index contributed by atoms with van der Waals surface area (Å²) >= 11 is 6.22. The zero-order valence-electron chi connectivity index (χ0n) is 11.2. The van der Waals surface area contributed by atoms with Crippen LogP contribution in [0.1, 0.15) is 42.9 Å². The standard InChI is InChI=1S/C15H19ClN3/c1-11-6-7-14(15(16)18-11)13-8-17-19(10-13)9-12-4-2-3-5-12/h6-8,10,12-13H,2-5,9H2,1H3/q+1. The van der Waals surface area contributed by atoms with Crippen molar-refractivity contribution in [1.82, 2.24) is 4.98 Å². The van der Waals surface area contributed by atoms with Crippen LogP contribution in [0.2, 0.25) is 5.15 Å². The molecule has 0 saturated heterocycles. The molecule has 1 aliphatic heterocycles. The monoisotopic (exact) mass is 276 g/mol. The van der Waals surface area contributed by atoms with E-state index in [1.165, 1.54) is 25.7 Å². The van der Waals surface area contributed by atoms with Crippen LogP contribution in [0.15, 0.2) is 17.2 Å². The highest BCUT2D eigenvalue weighted by Crippen LogP contribution is 2.26. The van der Waals surface area contributed by atoms with E-state index in [-0.39, 0.29) is 5.92 Å². The van der Waals surface area contributed by atoms with Crippen LogP contribution in [-0.2, 0) is 0 Å². The molecule has 1 aromatic rings. The van der Waals surface area contributed by atoms with Gasteiger partial charge in [0.2, 0.25) is 0 Å². The van der Waals surface area contributed by atoms with Crippen molar-refractivity contribution in [3.8, 4) is 0 Å². The van der Waals surface area contributed by atoms with Crippen LogP contribution in [0.4, 0.5) is 0 Å². The van der Waals surface area contributed by atoms with Crippen LogP contribution in [0.5, 0.6) is 0 Å². The maximum Gasteiger partial charge on any atom is 0.186 e. The summed E-state index contributed by atoms with van der Waals surface area (Å²) in [5.74, 6) is 0.973. The lowest BCUT2D eigenvalue weighted by atomic mass is 10.0. The molecule has 1 fully saturated rings. The molecular formula is C15H19ClN3+. The molecule has 2 aliphatic rings. The molecule has 1 atom stereocenters. The first-order valence-electron chi connectivity index (χ1n) is 7.01. The molecule has 0 radical (unpaired) electrons. The highest BCUT2D eigenvalue weighted by molar-refractivity contribution is 6.30. The summed E-state index contributed by atoms with van der Waals surface area (Å²) in [6.07, 6.45) is 9.57. The summed E-state index contributed by atoms with van der Waals surface area (Å²) in [4.78, 5) is 4.31. The highest BCUT2D eigenvalue weighted by Gasteiger charge is 2.26. The fourth-order valence-corrected chi connectivity index (χ4v) is 3.25. The SMILES string of the molecule is Cc1ccc(C2C=N[N+](CC3CCCC3)=C2)c(Cl)n1. The Labute approximate surface area is 119 Å². The summed E-state index contributed by atoms with van der Waals surface area (Å²) in [7, 11) is 0.